The van der Waals surface area contributed by atoms with E-state index in [-0.39, 0.29) is 5.91 Å². The third-order valence-corrected chi connectivity index (χ3v) is 6.32. The quantitative estimate of drug-likeness (QED) is 0.280. The number of hydrogen-bond donors (Lipinski definition) is 0. The molecule has 0 unspecified atom stereocenters. The van der Waals surface area contributed by atoms with Crippen molar-refractivity contribution >= 4 is 51.4 Å². The van der Waals surface area contributed by atoms with E-state index in [1.807, 2.05) is 35.7 Å². The number of rotatable bonds is 6. The Kier molecular flexibility index (Phi) is 6.63. The Labute approximate surface area is 194 Å². The Morgan fingerprint density at radius 3 is 2.62 bits per heavy atom. The zero-order valence-corrected chi connectivity index (χ0v) is 18.9. The maximum Gasteiger partial charge on any atom is 0.337 e. The van der Waals surface area contributed by atoms with Crippen LogP contribution in [0.15, 0.2) is 82.5 Å². The first-order chi connectivity index (χ1) is 15.6. The van der Waals surface area contributed by atoms with Crippen LogP contribution < -0.4 is 0 Å². The topological polar surface area (TPSA) is 71.9 Å². The number of carbonyl (C=O) groups is 2. The molecule has 0 radical (unpaired) electrons. The Bertz CT molecular complexity index is 1210. The van der Waals surface area contributed by atoms with Gasteiger partial charge in [-0.2, -0.15) is 4.99 Å². The van der Waals surface area contributed by atoms with Crippen molar-refractivity contribution in [2.45, 2.75) is 0 Å². The van der Waals surface area contributed by atoms with Gasteiger partial charge >= 0.3 is 5.97 Å². The lowest BCUT2D eigenvalue weighted by Crippen LogP contribution is -2.29. The lowest BCUT2D eigenvalue weighted by atomic mass is 10.1. The molecule has 1 aliphatic rings. The molecular formula is C24H19N3O3S2. The highest BCUT2D eigenvalue weighted by atomic mass is 32.2. The molecule has 1 aliphatic heterocycles. The Morgan fingerprint density at radius 1 is 1.19 bits per heavy atom. The molecule has 0 spiro atoms. The van der Waals surface area contributed by atoms with Crippen molar-refractivity contribution in [2.75, 3.05) is 13.7 Å². The SMILES string of the molecule is C=CCN1C(=O)/C(=C/c2ccc(C(=O)OC)cc2)S/C1=N/c1nc(-c2ccccc2)cs1. The summed E-state index contributed by atoms with van der Waals surface area (Å²) < 4.78 is 4.72. The number of hydrogen-bond acceptors (Lipinski definition) is 7. The number of benzene rings is 2. The second-order valence-electron chi connectivity index (χ2n) is 6.70. The molecule has 0 bridgehead atoms. The van der Waals surface area contributed by atoms with Crippen LogP contribution >= 0.6 is 23.1 Å². The molecule has 1 aromatic heterocycles. The molecule has 1 amide bonds. The third kappa shape index (κ3) is 4.71. The summed E-state index contributed by atoms with van der Waals surface area (Å²) in [6.07, 6.45) is 3.45. The molecule has 0 atom stereocenters. The fourth-order valence-electron chi connectivity index (χ4n) is 3.01. The van der Waals surface area contributed by atoms with E-state index in [4.69, 9.17) is 4.74 Å². The number of thioether (sulfide) groups is 1. The highest BCUT2D eigenvalue weighted by Gasteiger charge is 2.32. The summed E-state index contributed by atoms with van der Waals surface area (Å²) in [4.78, 5) is 35.9. The number of amidine groups is 1. The van der Waals surface area contributed by atoms with Gasteiger partial charge in [0.2, 0.25) is 5.13 Å². The fraction of sp³-hybridized carbons (Fsp3) is 0.0833. The molecule has 1 saturated heterocycles. The van der Waals surface area contributed by atoms with Crippen molar-refractivity contribution in [3.63, 3.8) is 0 Å². The van der Waals surface area contributed by atoms with Crippen LogP contribution in [0.5, 0.6) is 0 Å². The number of esters is 1. The number of thiazole rings is 1. The van der Waals surface area contributed by atoms with Gasteiger partial charge < -0.3 is 4.74 Å². The monoisotopic (exact) mass is 461 g/mol. The van der Waals surface area contributed by atoms with Crippen molar-refractivity contribution in [3.8, 4) is 11.3 Å². The van der Waals surface area contributed by atoms with Crippen LogP contribution in [-0.2, 0) is 9.53 Å². The van der Waals surface area contributed by atoms with E-state index >= 15 is 0 Å². The first-order valence-corrected chi connectivity index (χ1v) is 11.4. The van der Waals surface area contributed by atoms with Gasteiger partial charge in [0.15, 0.2) is 5.17 Å². The largest absolute Gasteiger partial charge is 0.465 e. The second kappa shape index (κ2) is 9.76. The lowest BCUT2D eigenvalue weighted by molar-refractivity contribution is -0.121. The molecule has 0 saturated carbocycles. The predicted octanol–water partition coefficient (Wildman–Crippen LogP) is 5.39. The van der Waals surface area contributed by atoms with Gasteiger partial charge in [-0.3, -0.25) is 9.69 Å². The highest BCUT2D eigenvalue weighted by Crippen LogP contribution is 2.35. The van der Waals surface area contributed by atoms with Gasteiger partial charge in [0, 0.05) is 17.5 Å². The number of amides is 1. The number of aromatic nitrogens is 1. The summed E-state index contributed by atoms with van der Waals surface area (Å²) in [5.41, 5.74) is 3.12. The van der Waals surface area contributed by atoms with Crippen molar-refractivity contribution in [3.05, 3.63) is 88.7 Å². The van der Waals surface area contributed by atoms with E-state index in [1.165, 1.54) is 30.2 Å². The molecule has 3 aromatic rings. The maximum atomic E-state index is 13.0. The molecule has 8 heteroatoms. The summed E-state index contributed by atoms with van der Waals surface area (Å²) in [6.45, 7) is 4.10. The van der Waals surface area contributed by atoms with Crippen molar-refractivity contribution in [1.29, 1.82) is 0 Å². The van der Waals surface area contributed by atoms with Crippen LogP contribution in [0, 0.1) is 0 Å². The van der Waals surface area contributed by atoms with Gasteiger partial charge in [0.1, 0.15) is 0 Å². The molecular weight excluding hydrogens is 442 g/mol. The minimum Gasteiger partial charge on any atom is -0.465 e. The smallest absolute Gasteiger partial charge is 0.337 e. The summed E-state index contributed by atoms with van der Waals surface area (Å²) in [5, 5.41) is 3.09. The van der Waals surface area contributed by atoms with Gasteiger partial charge in [-0.25, -0.2) is 9.78 Å². The average Bonchev–Trinajstić information content (AvgIpc) is 3.40. The van der Waals surface area contributed by atoms with Crippen LogP contribution in [0.4, 0.5) is 5.13 Å². The predicted molar refractivity (Wildman–Crippen MR) is 130 cm³/mol. The van der Waals surface area contributed by atoms with Crippen LogP contribution in [0.1, 0.15) is 15.9 Å². The molecule has 2 aromatic carbocycles. The number of methoxy groups -OCH3 is 1. The zero-order chi connectivity index (χ0) is 22.5. The minimum absolute atomic E-state index is 0.148. The second-order valence-corrected chi connectivity index (χ2v) is 8.55. The summed E-state index contributed by atoms with van der Waals surface area (Å²) in [6, 6.07) is 16.8. The maximum absolute atomic E-state index is 13.0. The molecule has 1 fully saturated rings. The number of nitrogens with zero attached hydrogens (tertiary/aromatic N) is 3. The van der Waals surface area contributed by atoms with Crippen LogP contribution in [0.25, 0.3) is 17.3 Å². The van der Waals surface area contributed by atoms with E-state index in [2.05, 4.69) is 16.6 Å². The van der Waals surface area contributed by atoms with Crippen LogP contribution in [0.2, 0.25) is 0 Å². The molecule has 0 N–H and O–H groups in total. The van der Waals surface area contributed by atoms with Crippen LogP contribution in [0.3, 0.4) is 0 Å². The van der Waals surface area contributed by atoms with Crippen molar-refractivity contribution < 1.29 is 14.3 Å². The van der Waals surface area contributed by atoms with Gasteiger partial charge in [-0.05, 0) is 35.5 Å². The van der Waals surface area contributed by atoms with Crippen LogP contribution in [-0.4, -0.2) is 40.6 Å². The van der Waals surface area contributed by atoms with E-state index < -0.39 is 5.97 Å². The average molecular weight is 462 g/mol. The Hall–Kier alpha value is -3.49. The first kappa shape index (κ1) is 21.7. The number of carbonyl (C=O) groups excluding carboxylic acids is 2. The zero-order valence-electron chi connectivity index (χ0n) is 17.2. The molecule has 0 aliphatic carbocycles. The highest BCUT2D eigenvalue weighted by molar-refractivity contribution is 8.18. The fourth-order valence-corrected chi connectivity index (χ4v) is 4.75. The molecule has 4 rings (SSSR count). The van der Waals surface area contributed by atoms with Gasteiger partial charge in [0.05, 0.1) is 23.3 Å². The molecule has 6 nitrogen and oxygen atoms in total. The van der Waals surface area contributed by atoms with E-state index in [0.29, 0.717) is 27.3 Å². The normalized spacial score (nSPS) is 16.0. The molecule has 2 heterocycles. The summed E-state index contributed by atoms with van der Waals surface area (Å²) in [5.74, 6) is -0.550. The van der Waals surface area contributed by atoms with Gasteiger partial charge in [-0.15, -0.1) is 17.9 Å². The molecule has 32 heavy (non-hydrogen) atoms. The minimum atomic E-state index is -0.402. The van der Waals surface area contributed by atoms with Gasteiger partial charge in [0.25, 0.3) is 5.91 Å². The summed E-state index contributed by atoms with van der Waals surface area (Å²) >= 11 is 2.72. The number of aliphatic imine (C=N–C) groups is 1. The standard InChI is InChI=1S/C24H19N3O3S2/c1-3-13-27-21(28)20(14-16-9-11-18(12-10-16)22(29)30-2)32-24(27)26-23-25-19(15-31-23)17-7-5-4-6-8-17/h3-12,14-15H,1,13H2,2H3/b20-14-,26-24+. The first-order valence-electron chi connectivity index (χ1n) is 9.69. The summed E-state index contributed by atoms with van der Waals surface area (Å²) in [7, 11) is 1.34. The lowest BCUT2D eigenvalue weighted by Gasteiger charge is -2.11. The third-order valence-electron chi connectivity index (χ3n) is 4.58. The van der Waals surface area contributed by atoms with Crippen molar-refractivity contribution in [2.24, 2.45) is 4.99 Å². The Morgan fingerprint density at radius 2 is 1.94 bits per heavy atom. The van der Waals surface area contributed by atoms with E-state index in [9.17, 15) is 9.59 Å². The van der Waals surface area contributed by atoms with Gasteiger partial charge in [-0.1, -0.05) is 48.5 Å². The van der Waals surface area contributed by atoms with E-state index in [1.54, 1.807) is 41.3 Å². The number of ether oxygens (including phenoxy) is 1. The van der Waals surface area contributed by atoms with Crippen molar-refractivity contribution in [1.82, 2.24) is 9.88 Å². The Balaban J connectivity index is 1.60. The van der Waals surface area contributed by atoms with E-state index in [0.717, 1.165) is 16.8 Å². The molecule has 160 valence electrons.